The van der Waals surface area contributed by atoms with Crippen molar-refractivity contribution in [3.05, 3.63) is 44.9 Å². The second-order valence-corrected chi connectivity index (χ2v) is 6.71. The number of pyridine rings is 1. The number of rotatable bonds is 7. The van der Waals surface area contributed by atoms with Crippen molar-refractivity contribution in [2.24, 2.45) is 0 Å². The predicted octanol–water partition coefficient (Wildman–Crippen LogP) is 4.11. The second-order valence-electron chi connectivity index (χ2n) is 4.94. The van der Waals surface area contributed by atoms with E-state index >= 15 is 0 Å². The van der Waals surface area contributed by atoms with E-state index in [-0.39, 0.29) is 6.04 Å². The van der Waals surface area contributed by atoms with Crippen molar-refractivity contribution >= 4 is 31.9 Å². The third-order valence-electron chi connectivity index (χ3n) is 3.26. The molecule has 2 aromatic heterocycles. The topological polar surface area (TPSA) is 42.7 Å². The van der Waals surface area contributed by atoms with Gasteiger partial charge in [-0.1, -0.05) is 6.92 Å². The van der Waals surface area contributed by atoms with Crippen LogP contribution in [0.25, 0.3) is 0 Å². The minimum atomic E-state index is 0.182. The van der Waals surface area contributed by atoms with E-state index in [4.69, 9.17) is 0 Å². The molecule has 2 aromatic rings. The van der Waals surface area contributed by atoms with Crippen molar-refractivity contribution in [3.63, 3.8) is 0 Å². The molecule has 6 heteroatoms. The van der Waals surface area contributed by atoms with Gasteiger partial charge in [0, 0.05) is 27.9 Å². The molecule has 0 aliphatic carbocycles. The summed E-state index contributed by atoms with van der Waals surface area (Å²) in [6.45, 7) is 6.13. The zero-order valence-electron chi connectivity index (χ0n) is 12.3. The first-order valence-corrected chi connectivity index (χ1v) is 8.78. The molecule has 0 saturated carbocycles. The Labute approximate surface area is 142 Å². The lowest BCUT2D eigenvalue weighted by atomic mass is 10.1. The van der Waals surface area contributed by atoms with Gasteiger partial charge in [0.1, 0.15) is 0 Å². The third-order valence-corrected chi connectivity index (χ3v) is 4.33. The molecule has 0 bridgehead atoms. The minimum Gasteiger partial charge on any atom is -0.308 e. The molecule has 21 heavy (non-hydrogen) atoms. The fourth-order valence-corrected chi connectivity index (χ4v) is 3.45. The van der Waals surface area contributed by atoms with Gasteiger partial charge in [-0.25, -0.2) is 0 Å². The summed E-state index contributed by atoms with van der Waals surface area (Å²) in [6.07, 6.45) is 7.87. The Balaban J connectivity index is 2.20. The smallest absolute Gasteiger partial charge is 0.0719 e. The maximum Gasteiger partial charge on any atom is 0.0719 e. The summed E-state index contributed by atoms with van der Waals surface area (Å²) in [6, 6.07) is 2.22. The maximum absolute atomic E-state index is 4.57. The monoisotopic (exact) mass is 414 g/mol. The summed E-state index contributed by atoms with van der Waals surface area (Å²) >= 11 is 7.07. The van der Waals surface area contributed by atoms with Crippen LogP contribution in [0.1, 0.15) is 37.6 Å². The molecule has 1 atom stereocenters. The molecule has 1 N–H and O–H groups in total. The Morgan fingerprint density at radius 3 is 2.71 bits per heavy atom. The highest BCUT2D eigenvalue weighted by Crippen LogP contribution is 2.26. The summed E-state index contributed by atoms with van der Waals surface area (Å²) in [5, 5.41) is 7.92. The van der Waals surface area contributed by atoms with E-state index in [1.807, 2.05) is 23.1 Å². The molecule has 2 heterocycles. The van der Waals surface area contributed by atoms with E-state index in [9.17, 15) is 0 Å². The van der Waals surface area contributed by atoms with Crippen LogP contribution in [-0.2, 0) is 13.0 Å². The lowest BCUT2D eigenvalue weighted by Gasteiger charge is -2.18. The van der Waals surface area contributed by atoms with Crippen molar-refractivity contribution in [1.82, 2.24) is 20.1 Å². The zero-order valence-corrected chi connectivity index (χ0v) is 15.5. The first kappa shape index (κ1) is 16.6. The van der Waals surface area contributed by atoms with Crippen LogP contribution in [0.4, 0.5) is 0 Å². The molecule has 114 valence electrons. The normalized spacial score (nSPS) is 12.6. The van der Waals surface area contributed by atoms with E-state index in [0.29, 0.717) is 0 Å². The largest absolute Gasteiger partial charge is 0.308 e. The average molecular weight is 416 g/mol. The molecule has 0 aliphatic heterocycles. The van der Waals surface area contributed by atoms with Gasteiger partial charge < -0.3 is 5.32 Å². The fraction of sp³-hybridized carbons (Fsp3) is 0.467. The number of nitrogens with zero attached hydrogens (tertiary/aromatic N) is 3. The molecular formula is C15H20Br2N4. The van der Waals surface area contributed by atoms with Crippen LogP contribution in [0.5, 0.6) is 0 Å². The SMILES string of the molecule is CCCNC(Cc1cnn(CC)c1)c1ncc(Br)cc1Br. The van der Waals surface area contributed by atoms with Crippen LogP contribution in [0, 0.1) is 0 Å². The first-order chi connectivity index (χ1) is 10.1. The van der Waals surface area contributed by atoms with Gasteiger partial charge >= 0.3 is 0 Å². The number of hydrogen-bond acceptors (Lipinski definition) is 3. The zero-order chi connectivity index (χ0) is 15.2. The van der Waals surface area contributed by atoms with Gasteiger partial charge in [0.2, 0.25) is 0 Å². The molecule has 0 saturated heterocycles. The number of hydrogen-bond donors (Lipinski definition) is 1. The molecule has 0 radical (unpaired) electrons. The molecule has 0 aromatic carbocycles. The van der Waals surface area contributed by atoms with Crippen molar-refractivity contribution in [3.8, 4) is 0 Å². The van der Waals surface area contributed by atoms with Gasteiger partial charge in [0.25, 0.3) is 0 Å². The fourth-order valence-electron chi connectivity index (χ4n) is 2.19. The first-order valence-electron chi connectivity index (χ1n) is 7.19. The molecule has 4 nitrogen and oxygen atoms in total. The summed E-state index contributed by atoms with van der Waals surface area (Å²) in [4.78, 5) is 4.57. The molecule has 0 amide bonds. The van der Waals surface area contributed by atoms with Crippen molar-refractivity contribution in [2.75, 3.05) is 6.54 Å². The molecule has 0 spiro atoms. The maximum atomic E-state index is 4.57. The number of aromatic nitrogens is 3. The lowest BCUT2D eigenvalue weighted by molar-refractivity contribution is 0.515. The van der Waals surface area contributed by atoms with Crippen molar-refractivity contribution in [2.45, 2.75) is 39.3 Å². The van der Waals surface area contributed by atoms with Crippen molar-refractivity contribution < 1.29 is 0 Å². The van der Waals surface area contributed by atoms with Gasteiger partial charge in [0.05, 0.1) is 17.9 Å². The second kappa shape index (κ2) is 8.06. The number of nitrogens with one attached hydrogen (secondary N) is 1. The van der Waals surface area contributed by atoms with Gasteiger partial charge in [-0.05, 0) is 69.8 Å². The molecule has 0 fully saturated rings. The molecule has 2 rings (SSSR count). The van der Waals surface area contributed by atoms with E-state index in [1.54, 1.807) is 0 Å². The van der Waals surface area contributed by atoms with E-state index in [2.05, 4.69) is 67.3 Å². The van der Waals surface area contributed by atoms with Crippen LogP contribution in [-0.4, -0.2) is 21.3 Å². The Kier molecular flexibility index (Phi) is 6.39. The summed E-state index contributed by atoms with van der Waals surface area (Å²) in [5.41, 5.74) is 2.26. The Morgan fingerprint density at radius 2 is 2.10 bits per heavy atom. The highest BCUT2D eigenvalue weighted by molar-refractivity contribution is 9.11. The van der Waals surface area contributed by atoms with E-state index in [1.165, 1.54) is 5.56 Å². The summed E-state index contributed by atoms with van der Waals surface area (Å²) in [7, 11) is 0. The Morgan fingerprint density at radius 1 is 1.29 bits per heavy atom. The predicted molar refractivity (Wildman–Crippen MR) is 92.3 cm³/mol. The lowest BCUT2D eigenvalue weighted by Crippen LogP contribution is -2.25. The van der Waals surface area contributed by atoms with Crippen LogP contribution in [0.15, 0.2) is 33.6 Å². The Hall–Kier alpha value is -0.720. The van der Waals surface area contributed by atoms with Crippen LogP contribution >= 0.6 is 31.9 Å². The number of aryl methyl sites for hydroxylation is 1. The van der Waals surface area contributed by atoms with Crippen molar-refractivity contribution in [1.29, 1.82) is 0 Å². The quantitative estimate of drug-likeness (QED) is 0.739. The van der Waals surface area contributed by atoms with Crippen LogP contribution in [0.2, 0.25) is 0 Å². The summed E-state index contributed by atoms with van der Waals surface area (Å²) < 4.78 is 3.95. The molecular weight excluding hydrogens is 396 g/mol. The molecule has 1 unspecified atom stereocenters. The highest BCUT2D eigenvalue weighted by atomic mass is 79.9. The average Bonchev–Trinajstić information content (AvgIpc) is 2.91. The van der Waals surface area contributed by atoms with Gasteiger partial charge in [-0.3, -0.25) is 9.67 Å². The molecule has 0 aliphatic rings. The Bertz CT molecular complexity index is 583. The highest BCUT2D eigenvalue weighted by Gasteiger charge is 2.17. The third kappa shape index (κ3) is 4.63. The van der Waals surface area contributed by atoms with Crippen LogP contribution < -0.4 is 5.32 Å². The van der Waals surface area contributed by atoms with E-state index in [0.717, 1.165) is 40.6 Å². The van der Waals surface area contributed by atoms with E-state index < -0.39 is 0 Å². The van der Waals surface area contributed by atoms with Gasteiger partial charge in [-0.2, -0.15) is 5.10 Å². The standard InChI is InChI=1S/C15H20Br2N4/c1-3-5-18-14(6-11-8-20-21(4-2)10-11)15-13(17)7-12(16)9-19-15/h7-10,14,18H,3-6H2,1-2H3. The van der Waals surface area contributed by atoms with Gasteiger partial charge in [-0.15, -0.1) is 0 Å². The van der Waals surface area contributed by atoms with Gasteiger partial charge in [0.15, 0.2) is 0 Å². The minimum absolute atomic E-state index is 0.182. The summed E-state index contributed by atoms with van der Waals surface area (Å²) in [5.74, 6) is 0. The number of halogens is 2. The van der Waals surface area contributed by atoms with Crippen LogP contribution in [0.3, 0.4) is 0 Å².